The molecule has 29 heavy (non-hydrogen) atoms. The Morgan fingerprint density at radius 1 is 0.931 bits per heavy atom. The molecule has 3 aromatic carbocycles. The zero-order chi connectivity index (χ0) is 20.9. The van der Waals surface area contributed by atoms with Crippen LogP contribution in [-0.4, -0.2) is 20.6 Å². The predicted molar refractivity (Wildman–Crippen MR) is 118 cm³/mol. The van der Waals surface area contributed by atoms with E-state index in [0.29, 0.717) is 5.56 Å². The molecule has 0 aliphatic carbocycles. The number of hydrogen-bond donors (Lipinski definition) is 1. The zero-order valence-electron chi connectivity index (χ0n) is 16.3. The van der Waals surface area contributed by atoms with Crippen LogP contribution in [0.4, 0.5) is 0 Å². The molecule has 0 spiro atoms. The van der Waals surface area contributed by atoms with Crippen LogP contribution < -0.4 is 5.32 Å². The average Bonchev–Trinajstić information content (AvgIpc) is 2.73. The van der Waals surface area contributed by atoms with Gasteiger partial charge in [0.25, 0.3) is 5.91 Å². The van der Waals surface area contributed by atoms with E-state index in [-0.39, 0.29) is 16.8 Å². The Kier molecular flexibility index (Phi) is 6.77. The van der Waals surface area contributed by atoms with Crippen molar-refractivity contribution < 1.29 is 13.2 Å². The molecule has 6 heteroatoms. The van der Waals surface area contributed by atoms with Gasteiger partial charge in [-0.25, -0.2) is 8.42 Å². The molecule has 150 valence electrons. The number of amides is 1. The molecule has 3 aromatic rings. The lowest BCUT2D eigenvalue weighted by Gasteiger charge is -2.15. The van der Waals surface area contributed by atoms with Gasteiger partial charge in [-0.05, 0) is 54.4 Å². The van der Waals surface area contributed by atoms with Crippen molar-refractivity contribution in [2.24, 2.45) is 0 Å². The van der Waals surface area contributed by atoms with Crippen LogP contribution >= 0.6 is 11.8 Å². The van der Waals surface area contributed by atoms with Gasteiger partial charge in [0, 0.05) is 22.5 Å². The molecule has 0 heterocycles. The van der Waals surface area contributed by atoms with Gasteiger partial charge in [-0.2, -0.15) is 0 Å². The highest BCUT2D eigenvalue weighted by Gasteiger charge is 2.13. The Morgan fingerprint density at radius 3 is 2.14 bits per heavy atom. The van der Waals surface area contributed by atoms with Crippen molar-refractivity contribution in [1.29, 1.82) is 0 Å². The number of thioether (sulfide) groups is 1. The van der Waals surface area contributed by atoms with Gasteiger partial charge < -0.3 is 5.32 Å². The Balaban J connectivity index is 1.58. The summed E-state index contributed by atoms with van der Waals surface area (Å²) in [4.78, 5) is 14.0. The average molecular weight is 426 g/mol. The van der Waals surface area contributed by atoms with Gasteiger partial charge in [0.1, 0.15) is 0 Å². The van der Waals surface area contributed by atoms with E-state index in [4.69, 9.17) is 0 Å². The van der Waals surface area contributed by atoms with Crippen LogP contribution in [0.5, 0.6) is 0 Å². The lowest BCUT2D eigenvalue weighted by molar-refractivity contribution is 0.0940. The molecule has 0 radical (unpaired) electrons. The van der Waals surface area contributed by atoms with E-state index in [0.717, 1.165) is 16.9 Å². The number of nitrogens with one attached hydrogen (secondary N) is 1. The van der Waals surface area contributed by atoms with Crippen LogP contribution in [0.3, 0.4) is 0 Å². The van der Waals surface area contributed by atoms with Gasteiger partial charge in [-0.1, -0.05) is 42.5 Å². The van der Waals surface area contributed by atoms with E-state index < -0.39 is 9.84 Å². The predicted octanol–water partition coefficient (Wildman–Crippen LogP) is 4.87. The summed E-state index contributed by atoms with van der Waals surface area (Å²) in [5.74, 6) is 0.682. The van der Waals surface area contributed by atoms with Crippen LogP contribution in [0.15, 0.2) is 88.7 Å². The van der Waals surface area contributed by atoms with Crippen LogP contribution in [0.1, 0.15) is 34.5 Å². The number of sulfone groups is 1. The van der Waals surface area contributed by atoms with Crippen LogP contribution in [0, 0.1) is 0 Å². The molecule has 4 nitrogen and oxygen atoms in total. The van der Waals surface area contributed by atoms with E-state index in [2.05, 4.69) is 17.4 Å². The fourth-order valence-corrected chi connectivity index (χ4v) is 4.31. The smallest absolute Gasteiger partial charge is 0.251 e. The highest BCUT2D eigenvalue weighted by Crippen LogP contribution is 2.22. The maximum absolute atomic E-state index is 12.5. The number of carbonyl (C=O) groups excluding carboxylic acids is 1. The summed E-state index contributed by atoms with van der Waals surface area (Å²) in [5.41, 5.74) is 2.60. The van der Waals surface area contributed by atoms with E-state index >= 15 is 0 Å². The van der Waals surface area contributed by atoms with Crippen LogP contribution in [-0.2, 0) is 15.6 Å². The number of benzene rings is 3. The topological polar surface area (TPSA) is 63.2 Å². The molecule has 0 fully saturated rings. The van der Waals surface area contributed by atoms with Crippen LogP contribution in [0.25, 0.3) is 0 Å². The summed E-state index contributed by atoms with van der Waals surface area (Å²) < 4.78 is 23.1. The summed E-state index contributed by atoms with van der Waals surface area (Å²) in [6, 6.07) is 24.1. The largest absolute Gasteiger partial charge is 0.346 e. The third kappa shape index (κ3) is 5.95. The summed E-state index contributed by atoms with van der Waals surface area (Å²) in [5, 5.41) is 2.95. The standard InChI is InChI=1S/C23H23NO3S2/c1-17(19-12-14-22(15-13-19)29(2,26)27)24-23(25)20-10-8-18(9-11-20)16-28-21-6-4-3-5-7-21/h3-15,17H,16H2,1-2H3,(H,24,25). The molecule has 3 rings (SSSR count). The fourth-order valence-electron chi connectivity index (χ4n) is 2.80. The second-order valence-electron chi connectivity index (χ2n) is 6.84. The number of hydrogen-bond acceptors (Lipinski definition) is 4. The summed E-state index contributed by atoms with van der Waals surface area (Å²) in [6.45, 7) is 1.87. The van der Waals surface area contributed by atoms with Crippen LogP contribution in [0.2, 0.25) is 0 Å². The second-order valence-corrected chi connectivity index (χ2v) is 9.90. The van der Waals surface area contributed by atoms with Gasteiger partial charge in [0.15, 0.2) is 9.84 Å². The lowest BCUT2D eigenvalue weighted by Crippen LogP contribution is -2.26. The minimum absolute atomic E-state index is 0.160. The number of rotatable bonds is 7. The SMILES string of the molecule is CC(NC(=O)c1ccc(CSc2ccccc2)cc1)c1ccc(S(C)(=O)=O)cc1. The third-order valence-corrected chi connectivity index (χ3v) is 6.73. The lowest BCUT2D eigenvalue weighted by atomic mass is 10.1. The highest BCUT2D eigenvalue weighted by molar-refractivity contribution is 7.98. The minimum Gasteiger partial charge on any atom is -0.346 e. The van der Waals surface area contributed by atoms with E-state index in [9.17, 15) is 13.2 Å². The van der Waals surface area contributed by atoms with Gasteiger partial charge in [0.2, 0.25) is 0 Å². The molecule has 0 aliphatic heterocycles. The summed E-state index contributed by atoms with van der Waals surface area (Å²) in [6.07, 6.45) is 1.18. The number of carbonyl (C=O) groups is 1. The van der Waals surface area contributed by atoms with Crippen molar-refractivity contribution >= 4 is 27.5 Å². The Labute approximate surface area is 176 Å². The van der Waals surface area contributed by atoms with Crippen molar-refractivity contribution in [3.05, 3.63) is 95.6 Å². The first-order valence-corrected chi connectivity index (χ1v) is 12.1. The monoisotopic (exact) mass is 425 g/mol. The normalized spacial score (nSPS) is 12.3. The fraction of sp³-hybridized carbons (Fsp3) is 0.174. The van der Waals surface area contributed by atoms with Crippen molar-refractivity contribution in [2.45, 2.75) is 28.5 Å². The Morgan fingerprint density at radius 2 is 1.55 bits per heavy atom. The second kappa shape index (κ2) is 9.29. The molecule has 1 atom stereocenters. The van der Waals surface area contributed by atoms with Gasteiger partial charge >= 0.3 is 0 Å². The van der Waals surface area contributed by atoms with Gasteiger partial charge in [-0.15, -0.1) is 11.8 Å². The van der Waals surface area contributed by atoms with E-state index in [1.165, 1.54) is 11.2 Å². The molecular weight excluding hydrogens is 402 g/mol. The molecule has 1 amide bonds. The van der Waals surface area contributed by atoms with E-state index in [1.807, 2.05) is 49.4 Å². The van der Waals surface area contributed by atoms with Crippen molar-refractivity contribution in [1.82, 2.24) is 5.32 Å². The molecule has 1 N–H and O–H groups in total. The first-order chi connectivity index (χ1) is 13.8. The van der Waals surface area contributed by atoms with Crippen molar-refractivity contribution in [3.63, 3.8) is 0 Å². The van der Waals surface area contributed by atoms with E-state index in [1.54, 1.807) is 36.0 Å². The maximum Gasteiger partial charge on any atom is 0.251 e. The first kappa shape index (κ1) is 21.1. The first-order valence-electron chi connectivity index (χ1n) is 9.20. The molecule has 0 saturated carbocycles. The molecule has 1 unspecified atom stereocenters. The zero-order valence-corrected chi connectivity index (χ0v) is 18.0. The molecule has 0 aromatic heterocycles. The maximum atomic E-state index is 12.5. The summed E-state index contributed by atoms with van der Waals surface area (Å²) >= 11 is 1.76. The van der Waals surface area contributed by atoms with Crippen molar-refractivity contribution in [3.8, 4) is 0 Å². The molecule has 0 aliphatic rings. The highest BCUT2D eigenvalue weighted by atomic mass is 32.2. The van der Waals surface area contributed by atoms with Gasteiger partial charge in [0.05, 0.1) is 10.9 Å². The Bertz CT molecular complexity index is 1060. The molecule has 0 bridgehead atoms. The Hall–Kier alpha value is -2.57. The molecule has 0 saturated heterocycles. The third-order valence-electron chi connectivity index (χ3n) is 4.52. The van der Waals surface area contributed by atoms with Crippen molar-refractivity contribution in [2.75, 3.05) is 6.26 Å². The quantitative estimate of drug-likeness (QED) is 0.549. The van der Waals surface area contributed by atoms with Gasteiger partial charge in [-0.3, -0.25) is 4.79 Å². The molecular formula is C23H23NO3S2. The summed E-state index contributed by atoms with van der Waals surface area (Å²) in [7, 11) is -3.23. The minimum atomic E-state index is -3.23.